The van der Waals surface area contributed by atoms with Crippen molar-refractivity contribution in [3.05, 3.63) is 72.9 Å². The van der Waals surface area contributed by atoms with Crippen LogP contribution in [0.1, 0.15) is 323 Å². The van der Waals surface area contributed by atoms with Crippen molar-refractivity contribution >= 4 is 17.9 Å². The second-order valence-electron chi connectivity index (χ2n) is 21.3. The molecular formula is C68H120O6. The number of unbranched alkanes of at least 4 members (excludes halogenated alkanes) is 35. The van der Waals surface area contributed by atoms with E-state index in [9.17, 15) is 14.4 Å². The molecule has 74 heavy (non-hydrogen) atoms. The summed E-state index contributed by atoms with van der Waals surface area (Å²) < 4.78 is 16.9. The molecule has 0 aliphatic heterocycles. The molecule has 1 atom stereocenters. The lowest BCUT2D eigenvalue weighted by molar-refractivity contribution is -0.167. The number of hydrogen-bond donors (Lipinski definition) is 0. The van der Waals surface area contributed by atoms with Gasteiger partial charge in [-0.1, -0.05) is 286 Å². The molecule has 0 rings (SSSR count). The molecule has 0 N–H and O–H groups in total. The summed E-state index contributed by atoms with van der Waals surface area (Å²) in [6, 6.07) is 0. The Kier molecular flexibility index (Phi) is 59.7. The van der Waals surface area contributed by atoms with Gasteiger partial charge in [-0.15, -0.1) is 0 Å². The van der Waals surface area contributed by atoms with E-state index in [4.69, 9.17) is 14.2 Å². The van der Waals surface area contributed by atoms with Crippen LogP contribution >= 0.6 is 0 Å². The highest BCUT2D eigenvalue weighted by Gasteiger charge is 2.19. The summed E-state index contributed by atoms with van der Waals surface area (Å²) in [5.41, 5.74) is 0. The van der Waals surface area contributed by atoms with Gasteiger partial charge in [0.05, 0.1) is 0 Å². The summed E-state index contributed by atoms with van der Waals surface area (Å²) in [6.45, 7) is 6.55. The molecule has 428 valence electrons. The SMILES string of the molecule is CC/C=C\C/C=C\C/C=C\C/C=C\C/C=C\CCCCCCCCCCCCCC(=O)OCC(COC(=O)CCCCCCC/C=C\CCCCCCC)OC(=O)CCCCCCCCCCCCCCCCC. The Morgan fingerprint density at radius 2 is 0.527 bits per heavy atom. The standard InChI is InChI=1S/C68H120O6/c1-4-7-10-13-16-19-22-25-28-29-30-31-32-33-34-35-36-37-38-39-41-43-46-49-52-55-58-61-67(70)73-64-65(63-72-66(69)60-57-54-51-48-45-42-27-24-21-18-15-12-9-6-3)74-68(71)62-59-56-53-50-47-44-40-26-23-20-17-14-11-8-5-2/h7,10,16,19,24-25,27-28,30-31,33-34,65H,4-6,8-9,11-15,17-18,20-23,26,29,32,35-64H2,1-3H3/b10-7-,19-16-,27-24-,28-25-,31-30-,34-33-. The number of carbonyl (C=O) groups is 3. The summed E-state index contributed by atoms with van der Waals surface area (Å²) in [7, 11) is 0. The first-order chi connectivity index (χ1) is 36.5. The van der Waals surface area contributed by atoms with E-state index in [0.29, 0.717) is 19.3 Å². The van der Waals surface area contributed by atoms with Crippen LogP contribution in [-0.4, -0.2) is 37.2 Å². The van der Waals surface area contributed by atoms with Gasteiger partial charge in [0.2, 0.25) is 0 Å². The molecule has 0 spiro atoms. The van der Waals surface area contributed by atoms with Gasteiger partial charge in [-0.25, -0.2) is 0 Å². The fourth-order valence-corrected chi connectivity index (χ4v) is 9.17. The Morgan fingerprint density at radius 1 is 0.284 bits per heavy atom. The fraction of sp³-hybridized carbons (Fsp3) is 0.779. The minimum atomic E-state index is -0.778. The van der Waals surface area contributed by atoms with E-state index in [1.165, 1.54) is 186 Å². The number of rotatable bonds is 58. The summed E-state index contributed by atoms with van der Waals surface area (Å²) >= 11 is 0. The van der Waals surface area contributed by atoms with Gasteiger partial charge in [0, 0.05) is 19.3 Å². The van der Waals surface area contributed by atoms with Crippen LogP contribution in [0.4, 0.5) is 0 Å². The van der Waals surface area contributed by atoms with Gasteiger partial charge in [0.15, 0.2) is 6.10 Å². The molecule has 0 aromatic carbocycles. The largest absolute Gasteiger partial charge is 0.462 e. The summed E-state index contributed by atoms with van der Waals surface area (Å²) in [5.74, 6) is -0.871. The smallest absolute Gasteiger partial charge is 0.306 e. The first kappa shape index (κ1) is 70.8. The van der Waals surface area contributed by atoms with Crippen molar-refractivity contribution in [3.8, 4) is 0 Å². The van der Waals surface area contributed by atoms with Gasteiger partial charge in [-0.2, -0.15) is 0 Å². The number of carbonyl (C=O) groups excluding carboxylic acids is 3. The van der Waals surface area contributed by atoms with Gasteiger partial charge in [-0.3, -0.25) is 14.4 Å². The second kappa shape index (κ2) is 62.4. The minimum Gasteiger partial charge on any atom is -0.462 e. The highest BCUT2D eigenvalue weighted by Crippen LogP contribution is 2.17. The average Bonchev–Trinajstić information content (AvgIpc) is 3.40. The van der Waals surface area contributed by atoms with Gasteiger partial charge >= 0.3 is 17.9 Å². The van der Waals surface area contributed by atoms with Gasteiger partial charge < -0.3 is 14.2 Å². The quantitative estimate of drug-likeness (QED) is 0.0261. The van der Waals surface area contributed by atoms with Crippen LogP contribution in [0, 0.1) is 0 Å². The third-order valence-corrected chi connectivity index (χ3v) is 13.9. The molecule has 0 aromatic rings. The maximum Gasteiger partial charge on any atom is 0.306 e. The van der Waals surface area contributed by atoms with Crippen LogP contribution < -0.4 is 0 Å². The van der Waals surface area contributed by atoms with Crippen molar-refractivity contribution in [2.24, 2.45) is 0 Å². The second-order valence-corrected chi connectivity index (χ2v) is 21.3. The van der Waals surface area contributed by atoms with Gasteiger partial charge in [-0.05, 0) is 89.9 Å². The third kappa shape index (κ3) is 59.7. The Labute approximate surface area is 459 Å². The molecule has 0 amide bonds. The summed E-state index contributed by atoms with van der Waals surface area (Å²) in [5, 5.41) is 0. The van der Waals surface area contributed by atoms with Crippen molar-refractivity contribution in [1.29, 1.82) is 0 Å². The van der Waals surface area contributed by atoms with Crippen molar-refractivity contribution < 1.29 is 28.6 Å². The third-order valence-electron chi connectivity index (χ3n) is 13.9. The molecule has 0 heterocycles. The van der Waals surface area contributed by atoms with Crippen molar-refractivity contribution in [2.75, 3.05) is 13.2 Å². The normalized spacial score (nSPS) is 12.5. The molecule has 0 aliphatic rings. The average molecular weight is 1030 g/mol. The van der Waals surface area contributed by atoms with Crippen LogP contribution in [0.15, 0.2) is 72.9 Å². The zero-order chi connectivity index (χ0) is 53.6. The molecule has 0 radical (unpaired) electrons. The topological polar surface area (TPSA) is 78.9 Å². The van der Waals surface area contributed by atoms with E-state index in [0.717, 1.165) is 96.3 Å². The number of ether oxygens (including phenoxy) is 3. The highest BCUT2D eigenvalue weighted by molar-refractivity contribution is 5.71. The molecule has 0 saturated heterocycles. The summed E-state index contributed by atoms with van der Waals surface area (Å²) in [4.78, 5) is 38.3. The van der Waals surface area contributed by atoms with Crippen molar-refractivity contribution in [3.63, 3.8) is 0 Å². The lowest BCUT2D eigenvalue weighted by atomic mass is 10.0. The predicted octanol–water partition coefficient (Wildman–Crippen LogP) is 21.7. The summed E-state index contributed by atoms with van der Waals surface area (Å²) in [6.07, 6.45) is 80.5. The first-order valence-electron chi connectivity index (χ1n) is 31.9. The first-order valence-corrected chi connectivity index (χ1v) is 31.9. The highest BCUT2D eigenvalue weighted by atomic mass is 16.6. The van der Waals surface area contributed by atoms with E-state index < -0.39 is 6.10 Å². The van der Waals surface area contributed by atoms with Gasteiger partial charge in [0.25, 0.3) is 0 Å². The molecular weight excluding hydrogens is 913 g/mol. The minimum absolute atomic E-state index is 0.0760. The van der Waals surface area contributed by atoms with E-state index in [1.54, 1.807) is 0 Å². The maximum absolute atomic E-state index is 12.9. The van der Waals surface area contributed by atoms with Crippen LogP contribution in [0.3, 0.4) is 0 Å². The van der Waals surface area contributed by atoms with Crippen LogP contribution in [0.25, 0.3) is 0 Å². The zero-order valence-corrected chi connectivity index (χ0v) is 49.1. The van der Waals surface area contributed by atoms with Crippen LogP contribution in [-0.2, 0) is 28.6 Å². The molecule has 6 heteroatoms. The fourth-order valence-electron chi connectivity index (χ4n) is 9.17. The van der Waals surface area contributed by atoms with Crippen molar-refractivity contribution in [2.45, 2.75) is 329 Å². The van der Waals surface area contributed by atoms with E-state index in [1.807, 2.05) is 0 Å². The van der Waals surface area contributed by atoms with Crippen molar-refractivity contribution in [1.82, 2.24) is 0 Å². The Morgan fingerprint density at radius 3 is 0.838 bits per heavy atom. The molecule has 0 aromatic heterocycles. The Bertz CT molecular complexity index is 1370. The number of esters is 3. The molecule has 6 nitrogen and oxygen atoms in total. The Hall–Kier alpha value is -3.15. The Balaban J connectivity index is 4.27. The molecule has 0 aliphatic carbocycles. The van der Waals surface area contributed by atoms with Crippen LogP contribution in [0.2, 0.25) is 0 Å². The number of allylic oxidation sites excluding steroid dienone is 12. The maximum atomic E-state index is 12.9. The van der Waals surface area contributed by atoms with E-state index in [-0.39, 0.29) is 31.1 Å². The zero-order valence-electron chi connectivity index (χ0n) is 49.1. The molecule has 0 saturated carbocycles. The number of hydrogen-bond acceptors (Lipinski definition) is 6. The lowest BCUT2D eigenvalue weighted by Crippen LogP contribution is -2.30. The van der Waals surface area contributed by atoms with Crippen LogP contribution in [0.5, 0.6) is 0 Å². The molecule has 1 unspecified atom stereocenters. The lowest BCUT2D eigenvalue weighted by Gasteiger charge is -2.18. The molecule has 0 fully saturated rings. The molecule has 0 bridgehead atoms. The van der Waals surface area contributed by atoms with E-state index in [2.05, 4.69) is 93.7 Å². The monoisotopic (exact) mass is 1030 g/mol. The predicted molar refractivity (Wildman–Crippen MR) is 321 cm³/mol. The van der Waals surface area contributed by atoms with Gasteiger partial charge in [0.1, 0.15) is 13.2 Å². The van der Waals surface area contributed by atoms with E-state index >= 15 is 0 Å².